The third-order valence-corrected chi connectivity index (χ3v) is 11.1. The van der Waals surface area contributed by atoms with E-state index in [0.717, 1.165) is 42.9 Å². The second-order valence-corrected chi connectivity index (χ2v) is 13.8. The van der Waals surface area contributed by atoms with E-state index >= 15 is 0 Å². The topological polar surface area (TPSA) is 9.23 Å². The molecule has 4 rings (SSSR count). The molecule has 0 amide bonds. The summed E-state index contributed by atoms with van der Waals surface area (Å²) in [5.74, 6) is 3.45. The second kappa shape index (κ2) is 16.4. The van der Waals surface area contributed by atoms with Crippen molar-refractivity contribution in [3.05, 3.63) is 29.3 Å². The molecule has 3 aliphatic rings. The molecule has 0 aromatic heterocycles. The number of aryl methyl sites for hydroxylation is 1. The van der Waals surface area contributed by atoms with Crippen molar-refractivity contribution in [2.75, 3.05) is 6.61 Å². The predicted molar refractivity (Wildman–Crippen MR) is 160 cm³/mol. The molecule has 3 saturated carbocycles. The molecule has 3 aliphatic carbocycles. The first-order valence-corrected chi connectivity index (χ1v) is 17.2. The third kappa shape index (κ3) is 9.46. The zero-order chi connectivity index (χ0) is 27.5. The molecular formula is C36H58F2O. The maximum atomic E-state index is 14.9. The van der Waals surface area contributed by atoms with E-state index in [4.69, 9.17) is 4.74 Å². The standard InChI is InChI=1S/C36H58F2O/c1-3-5-6-7-8-9-28-14-19-31(20-15-28)32-21-16-29(17-22-32)18-23-33-24-25-34(36(38)35(33)37)39-26-30-12-10-27(4-2)11-13-30/h24-25,27-32H,3-23,26H2,1-2H3/t27-,28-,29-,30-,31-,32-. The van der Waals surface area contributed by atoms with Crippen LogP contribution < -0.4 is 4.74 Å². The number of unbranched alkanes of at least 4 members (excludes halogenated alkanes) is 4. The molecule has 0 bridgehead atoms. The van der Waals surface area contributed by atoms with Crippen molar-refractivity contribution in [2.45, 2.75) is 149 Å². The van der Waals surface area contributed by atoms with Crippen LogP contribution in [0, 0.1) is 47.1 Å². The van der Waals surface area contributed by atoms with E-state index in [2.05, 4.69) is 13.8 Å². The van der Waals surface area contributed by atoms with Gasteiger partial charge in [-0.25, -0.2) is 4.39 Å². The lowest BCUT2D eigenvalue weighted by Crippen LogP contribution is -2.26. The smallest absolute Gasteiger partial charge is 0.200 e. The molecule has 0 N–H and O–H groups in total. The molecule has 0 radical (unpaired) electrons. The normalized spacial score (nSPS) is 29.8. The molecule has 0 atom stereocenters. The molecule has 39 heavy (non-hydrogen) atoms. The van der Waals surface area contributed by atoms with E-state index in [1.54, 1.807) is 12.1 Å². The highest BCUT2D eigenvalue weighted by atomic mass is 19.2. The van der Waals surface area contributed by atoms with Gasteiger partial charge >= 0.3 is 0 Å². The van der Waals surface area contributed by atoms with Crippen LogP contribution in [0.3, 0.4) is 0 Å². The Labute approximate surface area is 239 Å². The highest BCUT2D eigenvalue weighted by molar-refractivity contribution is 5.31. The van der Waals surface area contributed by atoms with Gasteiger partial charge in [0.15, 0.2) is 11.6 Å². The Morgan fingerprint density at radius 1 is 0.615 bits per heavy atom. The summed E-state index contributed by atoms with van der Waals surface area (Å²) >= 11 is 0. The molecule has 1 aromatic rings. The van der Waals surface area contributed by atoms with Crippen LogP contribution in [-0.4, -0.2) is 6.61 Å². The van der Waals surface area contributed by atoms with E-state index in [1.165, 1.54) is 109 Å². The lowest BCUT2D eigenvalue weighted by molar-refractivity contribution is 0.140. The molecule has 0 spiro atoms. The van der Waals surface area contributed by atoms with Gasteiger partial charge in [0.2, 0.25) is 5.82 Å². The largest absolute Gasteiger partial charge is 0.490 e. The zero-order valence-electron chi connectivity index (χ0n) is 25.3. The first kappa shape index (κ1) is 30.8. The number of halogens is 2. The second-order valence-electron chi connectivity index (χ2n) is 13.8. The van der Waals surface area contributed by atoms with Crippen molar-refractivity contribution < 1.29 is 13.5 Å². The predicted octanol–water partition coefficient (Wildman–Crippen LogP) is 11.5. The number of benzene rings is 1. The average Bonchev–Trinajstić information content (AvgIpc) is 2.98. The highest BCUT2D eigenvalue weighted by Crippen LogP contribution is 2.43. The molecular weight excluding hydrogens is 486 g/mol. The van der Waals surface area contributed by atoms with Crippen LogP contribution in [0.2, 0.25) is 0 Å². The van der Waals surface area contributed by atoms with Gasteiger partial charge in [-0.1, -0.05) is 103 Å². The molecule has 3 heteroatoms. The first-order chi connectivity index (χ1) is 19.1. The molecule has 0 unspecified atom stereocenters. The summed E-state index contributed by atoms with van der Waals surface area (Å²) < 4.78 is 35.5. The Hall–Kier alpha value is -1.12. The van der Waals surface area contributed by atoms with Gasteiger partial charge in [0.25, 0.3) is 0 Å². The van der Waals surface area contributed by atoms with Gasteiger partial charge in [-0.05, 0) is 98.5 Å². The van der Waals surface area contributed by atoms with Crippen molar-refractivity contribution in [2.24, 2.45) is 35.5 Å². The lowest BCUT2D eigenvalue weighted by Gasteiger charge is -2.38. The van der Waals surface area contributed by atoms with Crippen LogP contribution in [0.5, 0.6) is 5.75 Å². The number of rotatable bonds is 14. The van der Waals surface area contributed by atoms with Crippen molar-refractivity contribution in [1.82, 2.24) is 0 Å². The molecule has 1 aromatic carbocycles. The number of hydrogen-bond acceptors (Lipinski definition) is 1. The molecule has 0 saturated heterocycles. The number of ether oxygens (including phenoxy) is 1. The fourth-order valence-electron chi connectivity index (χ4n) is 8.18. The fraction of sp³-hybridized carbons (Fsp3) is 0.833. The molecule has 0 aliphatic heterocycles. The van der Waals surface area contributed by atoms with Gasteiger partial charge in [-0.15, -0.1) is 0 Å². The molecule has 222 valence electrons. The van der Waals surface area contributed by atoms with E-state index < -0.39 is 11.6 Å². The summed E-state index contributed by atoms with van der Waals surface area (Å²) in [6, 6.07) is 3.44. The van der Waals surface area contributed by atoms with Crippen molar-refractivity contribution in [3.8, 4) is 5.75 Å². The van der Waals surface area contributed by atoms with Crippen LogP contribution in [0.15, 0.2) is 12.1 Å². The van der Waals surface area contributed by atoms with Gasteiger partial charge in [-0.2, -0.15) is 4.39 Å². The van der Waals surface area contributed by atoms with Crippen LogP contribution in [-0.2, 0) is 6.42 Å². The monoisotopic (exact) mass is 544 g/mol. The maximum Gasteiger partial charge on any atom is 0.200 e. The van der Waals surface area contributed by atoms with Crippen molar-refractivity contribution in [1.29, 1.82) is 0 Å². The molecule has 3 fully saturated rings. The Bertz CT molecular complexity index is 814. The Morgan fingerprint density at radius 2 is 1.18 bits per heavy atom. The number of hydrogen-bond donors (Lipinski definition) is 0. The van der Waals surface area contributed by atoms with E-state index in [1.807, 2.05) is 0 Å². The summed E-state index contributed by atoms with van der Waals surface area (Å²) in [7, 11) is 0. The van der Waals surface area contributed by atoms with Gasteiger partial charge in [0.1, 0.15) is 0 Å². The van der Waals surface area contributed by atoms with Crippen LogP contribution in [0.1, 0.15) is 148 Å². The summed E-state index contributed by atoms with van der Waals surface area (Å²) in [4.78, 5) is 0. The Balaban J connectivity index is 1.12. The zero-order valence-corrected chi connectivity index (χ0v) is 25.3. The van der Waals surface area contributed by atoms with E-state index in [9.17, 15) is 8.78 Å². The SMILES string of the molecule is CCCCCCC[C@H]1CC[C@H]([C@H]2CC[C@H](CCc3ccc(OC[C@H]4CC[C@H](CC)CC4)c(F)c3F)CC2)CC1. The summed E-state index contributed by atoms with van der Waals surface area (Å²) in [5.41, 5.74) is 0.526. The fourth-order valence-corrected chi connectivity index (χ4v) is 8.18. The van der Waals surface area contributed by atoms with Gasteiger partial charge in [0.05, 0.1) is 6.61 Å². The lowest BCUT2D eigenvalue weighted by atomic mass is 9.68. The average molecular weight is 545 g/mol. The summed E-state index contributed by atoms with van der Waals surface area (Å²) in [6.45, 7) is 5.06. The minimum Gasteiger partial charge on any atom is -0.490 e. The van der Waals surface area contributed by atoms with Crippen LogP contribution in [0.25, 0.3) is 0 Å². The van der Waals surface area contributed by atoms with Gasteiger partial charge in [0, 0.05) is 0 Å². The quantitative estimate of drug-likeness (QED) is 0.212. The minimum atomic E-state index is -0.782. The summed E-state index contributed by atoms with van der Waals surface area (Å²) in [5, 5.41) is 0. The van der Waals surface area contributed by atoms with E-state index in [-0.39, 0.29) is 5.75 Å². The Morgan fingerprint density at radius 3 is 1.79 bits per heavy atom. The Kier molecular flexibility index (Phi) is 12.9. The van der Waals surface area contributed by atoms with Crippen LogP contribution in [0.4, 0.5) is 8.78 Å². The van der Waals surface area contributed by atoms with E-state index in [0.29, 0.717) is 30.4 Å². The van der Waals surface area contributed by atoms with Crippen molar-refractivity contribution >= 4 is 0 Å². The third-order valence-electron chi connectivity index (χ3n) is 11.1. The van der Waals surface area contributed by atoms with Crippen LogP contribution >= 0.6 is 0 Å². The van der Waals surface area contributed by atoms with Gasteiger partial charge < -0.3 is 4.74 Å². The highest BCUT2D eigenvalue weighted by Gasteiger charge is 2.31. The first-order valence-electron chi connectivity index (χ1n) is 17.2. The van der Waals surface area contributed by atoms with Crippen molar-refractivity contribution in [3.63, 3.8) is 0 Å². The van der Waals surface area contributed by atoms with Gasteiger partial charge in [-0.3, -0.25) is 0 Å². The minimum absolute atomic E-state index is 0.0978. The molecule has 0 heterocycles. The summed E-state index contributed by atoms with van der Waals surface area (Å²) in [6.07, 6.45) is 27.2. The maximum absolute atomic E-state index is 14.9. The molecule has 1 nitrogen and oxygen atoms in total.